The van der Waals surface area contributed by atoms with Crippen LogP contribution in [0.4, 0.5) is 5.95 Å². The first-order valence-electron chi connectivity index (χ1n) is 10.2. The Morgan fingerprint density at radius 1 is 0.931 bits per heavy atom. The van der Waals surface area contributed by atoms with Crippen LogP contribution in [0.15, 0.2) is 41.2 Å². The van der Waals surface area contributed by atoms with Gasteiger partial charge in [-0.2, -0.15) is 0 Å². The van der Waals surface area contributed by atoms with Crippen LogP contribution >= 0.6 is 0 Å². The van der Waals surface area contributed by atoms with Crippen LogP contribution in [0.25, 0.3) is 33.1 Å². The highest BCUT2D eigenvalue weighted by Crippen LogP contribution is 2.25. The summed E-state index contributed by atoms with van der Waals surface area (Å²) in [7, 11) is 0. The highest BCUT2D eigenvalue weighted by atomic mass is 16.1. The van der Waals surface area contributed by atoms with Gasteiger partial charge in [-0.1, -0.05) is 18.6 Å². The maximum Gasteiger partial charge on any atom is 0.258 e. The van der Waals surface area contributed by atoms with Gasteiger partial charge in [0.15, 0.2) is 5.95 Å². The van der Waals surface area contributed by atoms with Crippen LogP contribution in [0, 0.1) is 0 Å². The molecule has 1 fully saturated rings. The number of hydrogen-bond acceptors (Lipinski definition) is 5. The fourth-order valence-corrected chi connectivity index (χ4v) is 4.14. The van der Waals surface area contributed by atoms with Crippen LogP contribution in [0.1, 0.15) is 25.1 Å². The molecule has 1 aliphatic rings. The van der Waals surface area contributed by atoms with E-state index in [9.17, 15) is 4.79 Å². The molecular formula is C22H24N6O. The van der Waals surface area contributed by atoms with E-state index in [1.165, 1.54) is 19.3 Å². The molecule has 4 N–H and O–H groups in total. The lowest BCUT2D eigenvalue weighted by Gasteiger charge is -2.26. The van der Waals surface area contributed by atoms with E-state index in [1.54, 1.807) is 0 Å². The first-order chi connectivity index (χ1) is 14.2. The van der Waals surface area contributed by atoms with Crippen LogP contribution in [0.2, 0.25) is 0 Å². The maximum absolute atomic E-state index is 12.7. The zero-order valence-corrected chi connectivity index (χ0v) is 16.2. The van der Waals surface area contributed by atoms with Gasteiger partial charge in [-0.15, -0.1) is 0 Å². The minimum Gasteiger partial charge on any atom is -0.369 e. The molecule has 0 radical (unpaired) electrons. The minimum atomic E-state index is -0.0858. The van der Waals surface area contributed by atoms with Crippen LogP contribution in [-0.2, 0) is 6.42 Å². The van der Waals surface area contributed by atoms with Gasteiger partial charge in [-0.3, -0.25) is 4.79 Å². The lowest BCUT2D eigenvalue weighted by molar-refractivity contribution is 0.230. The van der Waals surface area contributed by atoms with Gasteiger partial charge >= 0.3 is 0 Å². The van der Waals surface area contributed by atoms with Crippen molar-refractivity contribution in [2.24, 2.45) is 0 Å². The molecule has 0 atom stereocenters. The van der Waals surface area contributed by atoms with Crippen molar-refractivity contribution in [1.82, 2.24) is 24.8 Å². The number of likely N-dealkylation sites (tertiary alicyclic amines) is 1. The van der Waals surface area contributed by atoms with Crippen molar-refractivity contribution in [3.05, 3.63) is 52.6 Å². The number of piperidine rings is 1. The zero-order chi connectivity index (χ0) is 19.8. The molecule has 7 heteroatoms. The van der Waals surface area contributed by atoms with Crippen molar-refractivity contribution in [2.75, 3.05) is 25.4 Å². The second-order valence-corrected chi connectivity index (χ2v) is 7.75. The van der Waals surface area contributed by atoms with Crippen LogP contribution in [0.3, 0.4) is 0 Å². The molecule has 0 unspecified atom stereocenters. The molecule has 5 rings (SSSR count). The molecule has 148 valence electrons. The summed E-state index contributed by atoms with van der Waals surface area (Å²) in [5.41, 5.74) is 10.0. The van der Waals surface area contributed by atoms with E-state index in [4.69, 9.17) is 10.7 Å². The largest absolute Gasteiger partial charge is 0.369 e. The molecule has 0 bridgehead atoms. The number of H-pyrrole nitrogens is 2. The Morgan fingerprint density at radius 2 is 1.69 bits per heavy atom. The number of hydrogen-bond donors (Lipinski definition) is 3. The molecule has 0 saturated carbocycles. The number of benzene rings is 2. The second kappa shape index (κ2) is 7.33. The van der Waals surface area contributed by atoms with E-state index < -0.39 is 0 Å². The zero-order valence-electron chi connectivity index (χ0n) is 16.2. The molecule has 0 spiro atoms. The molecule has 3 heterocycles. The van der Waals surface area contributed by atoms with Gasteiger partial charge < -0.3 is 20.6 Å². The van der Waals surface area contributed by atoms with Crippen molar-refractivity contribution >= 4 is 27.9 Å². The SMILES string of the molecule is Nc1nc2ccc(-c3ccc4nc(CCN5CCCCC5)[nH]c(=O)c4c3)cc2[nH]1. The minimum absolute atomic E-state index is 0.0858. The summed E-state index contributed by atoms with van der Waals surface area (Å²) in [6.45, 7) is 3.24. The Labute approximate surface area is 168 Å². The number of imidazole rings is 1. The van der Waals surface area contributed by atoms with Crippen LogP contribution in [-0.4, -0.2) is 44.5 Å². The molecule has 1 saturated heterocycles. The summed E-state index contributed by atoms with van der Waals surface area (Å²) in [6.07, 6.45) is 4.62. The molecular weight excluding hydrogens is 364 g/mol. The number of nitrogens with two attached hydrogens (primary N) is 1. The van der Waals surface area contributed by atoms with Gasteiger partial charge in [-0.25, -0.2) is 9.97 Å². The molecule has 29 heavy (non-hydrogen) atoms. The van der Waals surface area contributed by atoms with Gasteiger partial charge in [0, 0.05) is 13.0 Å². The topological polar surface area (TPSA) is 104 Å². The lowest BCUT2D eigenvalue weighted by Crippen LogP contribution is -2.32. The third-order valence-corrected chi connectivity index (χ3v) is 5.70. The number of nitrogen functional groups attached to an aromatic ring is 1. The normalized spacial score (nSPS) is 15.3. The van der Waals surface area contributed by atoms with Crippen molar-refractivity contribution in [2.45, 2.75) is 25.7 Å². The summed E-state index contributed by atoms with van der Waals surface area (Å²) in [5, 5.41) is 0.605. The summed E-state index contributed by atoms with van der Waals surface area (Å²) in [4.78, 5) is 30.1. The number of anilines is 1. The van der Waals surface area contributed by atoms with Gasteiger partial charge in [-0.05, 0) is 61.3 Å². The number of aromatic nitrogens is 4. The number of aromatic amines is 2. The van der Waals surface area contributed by atoms with E-state index in [2.05, 4.69) is 19.9 Å². The fraction of sp³-hybridized carbons (Fsp3) is 0.318. The van der Waals surface area contributed by atoms with Crippen LogP contribution < -0.4 is 11.3 Å². The second-order valence-electron chi connectivity index (χ2n) is 7.75. The molecule has 2 aromatic heterocycles. The van der Waals surface area contributed by atoms with E-state index >= 15 is 0 Å². The van der Waals surface area contributed by atoms with Gasteiger partial charge in [0.05, 0.1) is 21.9 Å². The third-order valence-electron chi connectivity index (χ3n) is 5.70. The smallest absolute Gasteiger partial charge is 0.258 e. The van der Waals surface area contributed by atoms with E-state index in [0.29, 0.717) is 11.3 Å². The Morgan fingerprint density at radius 3 is 2.52 bits per heavy atom. The highest BCUT2D eigenvalue weighted by molar-refractivity contribution is 5.87. The highest BCUT2D eigenvalue weighted by Gasteiger charge is 2.12. The summed E-state index contributed by atoms with van der Waals surface area (Å²) in [5.74, 6) is 1.16. The summed E-state index contributed by atoms with van der Waals surface area (Å²) >= 11 is 0. The third kappa shape index (κ3) is 3.61. The summed E-state index contributed by atoms with van der Waals surface area (Å²) in [6, 6.07) is 11.7. The number of nitrogens with one attached hydrogen (secondary N) is 2. The first kappa shape index (κ1) is 17.9. The Hall–Kier alpha value is -3.19. The molecule has 1 aliphatic heterocycles. The fourth-order valence-electron chi connectivity index (χ4n) is 4.14. The van der Waals surface area contributed by atoms with E-state index in [-0.39, 0.29) is 5.56 Å². The molecule has 2 aromatic carbocycles. The van der Waals surface area contributed by atoms with Crippen LogP contribution in [0.5, 0.6) is 0 Å². The lowest BCUT2D eigenvalue weighted by atomic mass is 10.0. The van der Waals surface area contributed by atoms with Crippen molar-refractivity contribution in [1.29, 1.82) is 0 Å². The molecule has 4 aromatic rings. The Bertz CT molecular complexity index is 1240. The van der Waals surface area contributed by atoms with Crippen molar-refractivity contribution < 1.29 is 0 Å². The maximum atomic E-state index is 12.7. The van der Waals surface area contributed by atoms with Gasteiger partial charge in [0.25, 0.3) is 5.56 Å². The molecule has 0 amide bonds. The van der Waals surface area contributed by atoms with E-state index in [1.807, 2.05) is 36.4 Å². The Kier molecular flexibility index (Phi) is 4.52. The predicted molar refractivity (Wildman–Crippen MR) is 116 cm³/mol. The number of rotatable bonds is 4. The number of fused-ring (bicyclic) bond motifs is 2. The average Bonchev–Trinajstić information content (AvgIpc) is 3.12. The standard InChI is InChI=1S/C22H24N6O/c23-22-25-18-7-5-15(13-19(18)26-22)14-4-6-17-16(12-14)21(29)27-20(24-17)8-11-28-9-2-1-3-10-28/h4-7,12-13H,1-3,8-11H2,(H3,23,25,26)(H,24,27,29). The quantitative estimate of drug-likeness (QED) is 0.498. The van der Waals surface area contributed by atoms with Gasteiger partial charge in [0.1, 0.15) is 5.82 Å². The predicted octanol–water partition coefficient (Wildman–Crippen LogP) is 3.08. The molecule has 7 nitrogen and oxygen atoms in total. The van der Waals surface area contributed by atoms with Crippen molar-refractivity contribution in [3.8, 4) is 11.1 Å². The van der Waals surface area contributed by atoms with E-state index in [0.717, 1.165) is 59.6 Å². The molecule has 0 aliphatic carbocycles. The van der Waals surface area contributed by atoms with Crippen molar-refractivity contribution in [3.63, 3.8) is 0 Å². The van der Waals surface area contributed by atoms with Gasteiger partial charge in [0.2, 0.25) is 0 Å². The monoisotopic (exact) mass is 388 g/mol. The Balaban J connectivity index is 1.43. The summed E-state index contributed by atoms with van der Waals surface area (Å²) < 4.78 is 0. The first-order valence-corrected chi connectivity index (χ1v) is 10.2. The average molecular weight is 388 g/mol. The number of nitrogens with zero attached hydrogens (tertiary/aromatic N) is 3.